The fourth-order valence-electron chi connectivity index (χ4n) is 1.60. The zero-order valence-electron chi connectivity index (χ0n) is 9.66. The van der Waals surface area contributed by atoms with Crippen molar-refractivity contribution in [3.63, 3.8) is 0 Å². The van der Waals surface area contributed by atoms with Gasteiger partial charge in [0, 0.05) is 10.9 Å². The van der Waals surface area contributed by atoms with Crippen molar-refractivity contribution >= 4 is 38.6 Å². The van der Waals surface area contributed by atoms with Crippen LogP contribution in [0.15, 0.2) is 28.7 Å². The first-order chi connectivity index (χ1) is 8.50. The number of nitrogens with one attached hydrogen (secondary N) is 2. The number of nitrogens with two attached hydrogens (primary N) is 1. The smallest absolute Gasteiger partial charge is 0.269 e. The lowest BCUT2D eigenvalue weighted by molar-refractivity contribution is -0.119. The molecule has 0 aliphatic heterocycles. The number of benzene rings is 1. The number of halogens is 1. The van der Waals surface area contributed by atoms with Crippen LogP contribution in [0.2, 0.25) is 0 Å². The molecule has 1 aromatic heterocycles. The first-order valence-electron chi connectivity index (χ1n) is 5.37. The molecule has 6 heteroatoms. The van der Waals surface area contributed by atoms with E-state index in [1.54, 1.807) is 0 Å². The quantitative estimate of drug-likeness (QED) is 0.803. The molecule has 0 unspecified atom stereocenters. The summed E-state index contributed by atoms with van der Waals surface area (Å²) in [6.45, 7) is 1.54. The van der Waals surface area contributed by atoms with Crippen molar-refractivity contribution in [1.29, 1.82) is 0 Å². The van der Waals surface area contributed by atoms with Gasteiger partial charge in [0.2, 0.25) is 5.91 Å². The van der Waals surface area contributed by atoms with Crippen LogP contribution in [-0.4, -0.2) is 22.8 Å². The number of rotatable bonds is 3. The highest BCUT2D eigenvalue weighted by molar-refractivity contribution is 9.10. The molecule has 1 heterocycles. The summed E-state index contributed by atoms with van der Waals surface area (Å²) in [5.41, 5.74) is 6.33. The number of aromatic nitrogens is 1. The van der Waals surface area contributed by atoms with Gasteiger partial charge in [0.25, 0.3) is 5.91 Å². The predicted molar refractivity (Wildman–Crippen MR) is 72.1 cm³/mol. The lowest BCUT2D eigenvalue weighted by Crippen LogP contribution is -2.42. The van der Waals surface area contributed by atoms with Gasteiger partial charge in [-0.3, -0.25) is 9.59 Å². The normalized spacial score (nSPS) is 12.3. The van der Waals surface area contributed by atoms with Gasteiger partial charge in [-0.1, -0.05) is 18.2 Å². The second-order valence-electron chi connectivity index (χ2n) is 3.96. The maximum absolute atomic E-state index is 12.0. The summed E-state index contributed by atoms with van der Waals surface area (Å²) in [6, 6.07) is 6.81. The fraction of sp³-hybridized carbons (Fsp3) is 0.167. The Morgan fingerprint density at radius 1 is 1.39 bits per heavy atom. The minimum absolute atomic E-state index is 0.371. The molecule has 4 N–H and O–H groups in total. The third-order valence-corrected chi connectivity index (χ3v) is 3.47. The van der Waals surface area contributed by atoms with Gasteiger partial charge < -0.3 is 16.0 Å². The lowest BCUT2D eigenvalue weighted by Gasteiger charge is -2.09. The Balaban J connectivity index is 2.34. The van der Waals surface area contributed by atoms with Gasteiger partial charge in [0.15, 0.2) is 0 Å². The Morgan fingerprint density at radius 2 is 2.06 bits per heavy atom. The molecule has 1 atom stereocenters. The van der Waals surface area contributed by atoms with Crippen molar-refractivity contribution in [2.24, 2.45) is 5.73 Å². The minimum Gasteiger partial charge on any atom is -0.368 e. The molecule has 0 aliphatic rings. The summed E-state index contributed by atoms with van der Waals surface area (Å²) in [6.07, 6.45) is 0. The number of primary amides is 1. The predicted octanol–water partition coefficient (Wildman–Crippen LogP) is 1.53. The van der Waals surface area contributed by atoms with E-state index in [1.165, 1.54) is 6.92 Å². The van der Waals surface area contributed by atoms with Crippen LogP contribution >= 0.6 is 15.9 Å². The number of carbonyl (C=O) groups is 2. The molecule has 0 aliphatic carbocycles. The molecule has 94 valence electrons. The number of carbonyl (C=O) groups excluding carboxylic acids is 2. The van der Waals surface area contributed by atoms with Crippen molar-refractivity contribution in [1.82, 2.24) is 10.3 Å². The fourth-order valence-corrected chi connectivity index (χ4v) is 2.23. The Labute approximate surface area is 112 Å². The summed E-state index contributed by atoms with van der Waals surface area (Å²) in [5, 5.41) is 3.43. The first-order valence-corrected chi connectivity index (χ1v) is 6.16. The molecule has 2 rings (SSSR count). The molecule has 0 radical (unpaired) electrons. The summed E-state index contributed by atoms with van der Waals surface area (Å²) in [4.78, 5) is 25.9. The second-order valence-corrected chi connectivity index (χ2v) is 4.75. The highest BCUT2D eigenvalue weighted by atomic mass is 79.9. The molecule has 2 aromatic rings. The van der Waals surface area contributed by atoms with Crippen molar-refractivity contribution in [3.05, 3.63) is 34.4 Å². The van der Waals surface area contributed by atoms with E-state index in [0.717, 1.165) is 10.9 Å². The third kappa shape index (κ3) is 2.24. The van der Waals surface area contributed by atoms with E-state index in [4.69, 9.17) is 5.73 Å². The number of hydrogen-bond donors (Lipinski definition) is 3. The van der Waals surface area contributed by atoms with Gasteiger partial charge in [0.1, 0.15) is 11.7 Å². The van der Waals surface area contributed by atoms with E-state index < -0.39 is 11.9 Å². The van der Waals surface area contributed by atoms with E-state index in [2.05, 4.69) is 26.2 Å². The van der Waals surface area contributed by atoms with Crippen LogP contribution in [0.5, 0.6) is 0 Å². The maximum atomic E-state index is 12.0. The van der Waals surface area contributed by atoms with E-state index in [0.29, 0.717) is 10.2 Å². The number of aromatic amines is 1. The highest BCUT2D eigenvalue weighted by Crippen LogP contribution is 2.27. The number of fused-ring (bicyclic) bond motifs is 1. The van der Waals surface area contributed by atoms with Crippen LogP contribution in [0.25, 0.3) is 10.9 Å². The Bertz CT molecular complexity index is 621. The van der Waals surface area contributed by atoms with Crippen LogP contribution in [-0.2, 0) is 4.79 Å². The van der Waals surface area contributed by atoms with Crippen molar-refractivity contribution < 1.29 is 9.59 Å². The molecule has 0 fully saturated rings. The standard InChI is InChI=1S/C12H12BrN3O2/c1-6(11(14)17)15-12(18)10-9(13)7-4-2-3-5-8(7)16-10/h2-6,16H,1H3,(H2,14,17)(H,15,18)/t6-/m0/s1. The highest BCUT2D eigenvalue weighted by Gasteiger charge is 2.19. The maximum Gasteiger partial charge on any atom is 0.269 e. The van der Waals surface area contributed by atoms with Gasteiger partial charge in [0.05, 0.1) is 4.47 Å². The SMILES string of the molecule is C[C@H](NC(=O)c1[nH]c2ccccc2c1Br)C(N)=O. The zero-order valence-corrected chi connectivity index (χ0v) is 11.2. The number of H-pyrrole nitrogens is 1. The van der Waals surface area contributed by atoms with Crippen LogP contribution in [0.4, 0.5) is 0 Å². The van der Waals surface area contributed by atoms with Crippen LogP contribution in [0.1, 0.15) is 17.4 Å². The zero-order chi connectivity index (χ0) is 13.3. The summed E-state index contributed by atoms with van der Waals surface area (Å²) < 4.78 is 0.673. The van der Waals surface area contributed by atoms with Crippen LogP contribution in [0, 0.1) is 0 Å². The van der Waals surface area contributed by atoms with Crippen molar-refractivity contribution in [3.8, 4) is 0 Å². The van der Waals surface area contributed by atoms with Gasteiger partial charge in [-0.2, -0.15) is 0 Å². The van der Waals surface area contributed by atoms with E-state index >= 15 is 0 Å². The van der Waals surface area contributed by atoms with Gasteiger partial charge >= 0.3 is 0 Å². The molecule has 2 amide bonds. The lowest BCUT2D eigenvalue weighted by atomic mass is 10.2. The monoisotopic (exact) mass is 309 g/mol. The molecular formula is C12H12BrN3O2. The average molecular weight is 310 g/mol. The summed E-state index contributed by atoms with van der Waals surface area (Å²) in [7, 11) is 0. The topological polar surface area (TPSA) is 88.0 Å². The molecule has 0 saturated carbocycles. The first kappa shape index (κ1) is 12.6. The Morgan fingerprint density at radius 3 is 2.67 bits per heavy atom. The van der Waals surface area contributed by atoms with Crippen molar-refractivity contribution in [2.75, 3.05) is 0 Å². The summed E-state index contributed by atoms with van der Waals surface area (Å²) in [5.74, 6) is -0.944. The number of amides is 2. The van der Waals surface area contributed by atoms with E-state index in [1.807, 2.05) is 24.3 Å². The molecule has 1 aromatic carbocycles. The van der Waals surface area contributed by atoms with Gasteiger partial charge in [-0.25, -0.2) is 0 Å². The van der Waals surface area contributed by atoms with Crippen LogP contribution in [0.3, 0.4) is 0 Å². The Hall–Kier alpha value is -1.82. The average Bonchev–Trinajstić information content (AvgIpc) is 2.67. The second kappa shape index (κ2) is 4.81. The largest absolute Gasteiger partial charge is 0.368 e. The van der Waals surface area contributed by atoms with Gasteiger partial charge in [-0.05, 0) is 28.9 Å². The number of para-hydroxylation sites is 1. The molecular weight excluding hydrogens is 298 g/mol. The Kier molecular flexibility index (Phi) is 3.38. The van der Waals surface area contributed by atoms with E-state index in [-0.39, 0.29) is 5.91 Å². The van der Waals surface area contributed by atoms with Crippen LogP contribution < -0.4 is 11.1 Å². The minimum atomic E-state index is -0.712. The number of hydrogen-bond acceptors (Lipinski definition) is 2. The molecule has 0 saturated heterocycles. The molecule has 5 nitrogen and oxygen atoms in total. The molecule has 18 heavy (non-hydrogen) atoms. The third-order valence-electron chi connectivity index (χ3n) is 2.64. The van der Waals surface area contributed by atoms with Gasteiger partial charge in [-0.15, -0.1) is 0 Å². The molecule has 0 spiro atoms. The summed E-state index contributed by atoms with van der Waals surface area (Å²) >= 11 is 3.37. The van der Waals surface area contributed by atoms with Crippen molar-refractivity contribution in [2.45, 2.75) is 13.0 Å². The van der Waals surface area contributed by atoms with E-state index in [9.17, 15) is 9.59 Å². The molecule has 0 bridgehead atoms.